The van der Waals surface area contributed by atoms with E-state index in [9.17, 15) is 19.4 Å². The van der Waals surface area contributed by atoms with Crippen molar-refractivity contribution in [2.24, 2.45) is 5.73 Å². The number of hydrogen-bond acceptors (Lipinski definition) is 6. The number of carbonyl (C=O) groups excluding carboxylic acids is 1. The van der Waals surface area contributed by atoms with E-state index in [0.29, 0.717) is 6.42 Å². The molecule has 0 aromatic carbocycles. The van der Waals surface area contributed by atoms with Crippen molar-refractivity contribution in [3.05, 3.63) is 60.8 Å². The molecule has 0 aliphatic heterocycles. The quantitative estimate of drug-likeness (QED) is 0.0273. The molecule has 9 heteroatoms. The van der Waals surface area contributed by atoms with E-state index in [0.717, 1.165) is 51.4 Å². The molecule has 3 unspecified atom stereocenters. The molecule has 0 aliphatic carbocycles. The van der Waals surface area contributed by atoms with Crippen LogP contribution in [0, 0.1) is 0 Å². The lowest BCUT2D eigenvalue weighted by atomic mass is 10.0. The number of phosphoric acid groups is 1. The minimum atomic E-state index is -4.36. The average Bonchev–Trinajstić information content (AvgIpc) is 3.21. The number of aliphatic hydroxyl groups is 1. The van der Waals surface area contributed by atoms with Gasteiger partial charge >= 0.3 is 7.82 Å². The Bertz CT molecular complexity index is 1090. The van der Waals surface area contributed by atoms with Gasteiger partial charge in [-0.25, -0.2) is 4.57 Å². The summed E-state index contributed by atoms with van der Waals surface area (Å²) in [5, 5.41) is 13.7. The molecule has 3 atom stereocenters. The molecule has 0 saturated carbocycles. The maximum absolute atomic E-state index is 12.8. The van der Waals surface area contributed by atoms with Crippen molar-refractivity contribution in [2.45, 2.75) is 225 Å². The van der Waals surface area contributed by atoms with Crippen LogP contribution < -0.4 is 11.1 Å². The normalized spacial score (nSPS) is 14.5. The van der Waals surface area contributed by atoms with Gasteiger partial charge in [-0.3, -0.25) is 13.8 Å². The van der Waals surface area contributed by atoms with Gasteiger partial charge in [0.25, 0.3) is 0 Å². The van der Waals surface area contributed by atoms with Crippen LogP contribution in [0.5, 0.6) is 0 Å². The first-order valence-corrected chi connectivity index (χ1v) is 25.4. The predicted octanol–water partition coefficient (Wildman–Crippen LogP) is 13.8. The molecular formula is C49H91N2O6P. The van der Waals surface area contributed by atoms with E-state index in [1.807, 2.05) is 6.08 Å². The van der Waals surface area contributed by atoms with Crippen molar-refractivity contribution in [2.75, 3.05) is 19.8 Å². The van der Waals surface area contributed by atoms with E-state index >= 15 is 0 Å². The summed E-state index contributed by atoms with van der Waals surface area (Å²) in [7, 11) is -4.36. The SMILES string of the molecule is CCCCCCC/C=C\C/C=C\CCCCCCCCCCCCCC(=O)NC(COP(=O)(O)OCCN)C(O)/C=C/CC/C=C/CC/C=C/CCCCCCCC. The van der Waals surface area contributed by atoms with Gasteiger partial charge in [0.05, 0.1) is 25.4 Å². The van der Waals surface area contributed by atoms with Gasteiger partial charge < -0.3 is 21.1 Å². The van der Waals surface area contributed by atoms with Crippen molar-refractivity contribution >= 4 is 13.7 Å². The monoisotopic (exact) mass is 835 g/mol. The third-order valence-electron chi connectivity index (χ3n) is 10.3. The molecule has 0 rings (SSSR count). The summed E-state index contributed by atoms with van der Waals surface area (Å²) in [4.78, 5) is 22.8. The predicted molar refractivity (Wildman–Crippen MR) is 249 cm³/mol. The first kappa shape index (κ1) is 56.2. The Hall–Kier alpha value is -1.80. The Balaban J connectivity index is 4.18. The van der Waals surface area contributed by atoms with Crippen molar-refractivity contribution in [3.8, 4) is 0 Å². The summed E-state index contributed by atoms with van der Waals surface area (Å²) in [6.45, 7) is 4.09. The minimum Gasteiger partial charge on any atom is -0.387 e. The van der Waals surface area contributed by atoms with Crippen molar-refractivity contribution < 1.29 is 28.4 Å². The van der Waals surface area contributed by atoms with Crippen molar-refractivity contribution in [3.63, 3.8) is 0 Å². The molecule has 0 aromatic heterocycles. The highest BCUT2D eigenvalue weighted by Crippen LogP contribution is 2.43. The summed E-state index contributed by atoms with van der Waals surface area (Å²) < 4.78 is 22.1. The number of aliphatic hydroxyl groups excluding tert-OH is 1. The molecule has 5 N–H and O–H groups in total. The van der Waals surface area contributed by atoms with Crippen LogP contribution >= 0.6 is 7.82 Å². The number of nitrogens with one attached hydrogen (secondary N) is 1. The van der Waals surface area contributed by atoms with E-state index in [-0.39, 0.29) is 25.7 Å². The van der Waals surface area contributed by atoms with E-state index in [4.69, 9.17) is 14.8 Å². The second-order valence-electron chi connectivity index (χ2n) is 15.9. The molecule has 0 radical (unpaired) electrons. The highest BCUT2D eigenvalue weighted by Gasteiger charge is 2.26. The molecule has 58 heavy (non-hydrogen) atoms. The molecule has 0 bridgehead atoms. The van der Waals surface area contributed by atoms with Gasteiger partial charge in [-0.15, -0.1) is 0 Å². The van der Waals surface area contributed by atoms with Crippen LogP contribution in [0.3, 0.4) is 0 Å². The zero-order valence-electron chi connectivity index (χ0n) is 37.5. The molecular weight excluding hydrogens is 744 g/mol. The average molecular weight is 835 g/mol. The fourth-order valence-corrected chi connectivity index (χ4v) is 7.42. The van der Waals surface area contributed by atoms with Crippen LogP contribution in [-0.4, -0.2) is 47.8 Å². The zero-order chi connectivity index (χ0) is 42.5. The Morgan fingerprint density at radius 2 is 0.966 bits per heavy atom. The maximum Gasteiger partial charge on any atom is 0.472 e. The first-order chi connectivity index (χ1) is 28.4. The van der Waals surface area contributed by atoms with Gasteiger partial charge in [-0.2, -0.15) is 0 Å². The number of rotatable bonds is 44. The van der Waals surface area contributed by atoms with Gasteiger partial charge in [0.15, 0.2) is 0 Å². The van der Waals surface area contributed by atoms with Crippen LogP contribution in [0.15, 0.2) is 60.8 Å². The van der Waals surface area contributed by atoms with Crippen LogP contribution in [0.4, 0.5) is 0 Å². The third kappa shape index (κ3) is 42.3. The maximum atomic E-state index is 12.8. The Kier molecular flexibility index (Phi) is 43.4. The molecule has 8 nitrogen and oxygen atoms in total. The number of unbranched alkanes of at least 4 members (excludes halogenated alkanes) is 24. The largest absolute Gasteiger partial charge is 0.472 e. The van der Waals surface area contributed by atoms with Crippen LogP contribution in [0.1, 0.15) is 213 Å². The van der Waals surface area contributed by atoms with E-state index < -0.39 is 20.0 Å². The summed E-state index contributed by atoms with van der Waals surface area (Å²) in [5.74, 6) is -0.212. The molecule has 0 aliphatic rings. The number of amides is 1. The second kappa shape index (κ2) is 44.7. The number of hydrogen-bond donors (Lipinski definition) is 4. The molecule has 0 aromatic rings. The lowest BCUT2D eigenvalue weighted by molar-refractivity contribution is -0.123. The second-order valence-corrected chi connectivity index (χ2v) is 17.4. The number of allylic oxidation sites excluding steroid dienone is 9. The topological polar surface area (TPSA) is 131 Å². The van der Waals surface area contributed by atoms with Gasteiger partial charge in [-0.05, 0) is 77.0 Å². The zero-order valence-corrected chi connectivity index (χ0v) is 38.4. The Labute approximate surface area is 357 Å². The number of carbonyl (C=O) groups is 1. The lowest BCUT2D eigenvalue weighted by Crippen LogP contribution is -2.45. The van der Waals surface area contributed by atoms with Crippen LogP contribution in [-0.2, 0) is 18.4 Å². The van der Waals surface area contributed by atoms with Gasteiger partial charge in [-0.1, -0.05) is 190 Å². The molecule has 0 spiro atoms. The fraction of sp³-hybridized carbons (Fsp3) is 0.776. The summed E-state index contributed by atoms with van der Waals surface area (Å²) in [6, 6.07) is -0.886. The third-order valence-corrected chi connectivity index (χ3v) is 11.3. The summed E-state index contributed by atoms with van der Waals surface area (Å²) in [5.41, 5.74) is 5.38. The van der Waals surface area contributed by atoms with Gasteiger partial charge in [0, 0.05) is 13.0 Å². The summed E-state index contributed by atoms with van der Waals surface area (Å²) in [6.07, 6.45) is 57.1. The lowest BCUT2D eigenvalue weighted by Gasteiger charge is -2.23. The van der Waals surface area contributed by atoms with E-state index in [1.165, 1.54) is 141 Å². The molecule has 0 fully saturated rings. The van der Waals surface area contributed by atoms with Crippen molar-refractivity contribution in [1.29, 1.82) is 0 Å². The highest BCUT2D eigenvalue weighted by atomic mass is 31.2. The van der Waals surface area contributed by atoms with Crippen molar-refractivity contribution in [1.82, 2.24) is 5.32 Å². The first-order valence-electron chi connectivity index (χ1n) is 23.9. The van der Waals surface area contributed by atoms with Crippen LogP contribution in [0.2, 0.25) is 0 Å². The van der Waals surface area contributed by atoms with E-state index in [2.05, 4.69) is 67.8 Å². The number of phosphoric ester groups is 1. The Morgan fingerprint density at radius 3 is 1.43 bits per heavy atom. The molecule has 0 heterocycles. The Morgan fingerprint density at radius 1 is 0.569 bits per heavy atom. The molecule has 0 saturated heterocycles. The summed E-state index contributed by atoms with van der Waals surface area (Å²) >= 11 is 0. The molecule has 338 valence electrons. The standard InChI is InChI=1S/C49H91N2O6P/c1-3-5-7-9-11-13-15-17-19-21-22-23-24-25-26-27-29-31-33-35-37-39-41-43-49(53)51-47(46-57-58(54,55)56-45-44-50)48(52)42-40-38-36-34-32-30-28-20-18-16-14-12-10-8-6-4-2/h15,17-18,20-22,32,34,40,42,47-48,52H,3-14,16,19,23-31,33,35-39,41,43-46,50H2,1-2H3,(H,51,53)(H,54,55)/b17-15-,20-18+,22-21-,34-32+,42-40+. The fourth-order valence-electron chi connectivity index (χ4n) is 6.66. The number of nitrogens with two attached hydrogens (primary N) is 1. The molecule has 1 amide bonds. The van der Waals surface area contributed by atoms with Gasteiger partial charge in [0.2, 0.25) is 5.91 Å². The van der Waals surface area contributed by atoms with Crippen LogP contribution in [0.25, 0.3) is 0 Å². The minimum absolute atomic E-state index is 0.0696. The smallest absolute Gasteiger partial charge is 0.387 e. The van der Waals surface area contributed by atoms with E-state index in [1.54, 1.807) is 6.08 Å². The highest BCUT2D eigenvalue weighted by molar-refractivity contribution is 7.47. The van der Waals surface area contributed by atoms with Gasteiger partial charge in [0.1, 0.15) is 0 Å².